The van der Waals surface area contributed by atoms with Crippen LogP contribution in [0.25, 0.3) is 0 Å². The van der Waals surface area contributed by atoms with Gasteiger partial charge in [0.05, 0.1) is 5.41 Å². The van der Waals surface area contributed by atoms with Crippen LogP contribution in [0.2, 0.25) is 0 Å². The molecule has 0 aromatic heterocycles. The number of hydrogen-bond donors (Lipinski definition) is 2. The molecular formula is C9H17NO2. The quantitative estimate of drug-likeness (QED) is 0.668. The first-order valence-corrected chi connectivity index (χ1v) is 4.34. The van der Waals surface area contributed by atoms with Gasteiger partial charge in [-0.25, -0.2) is 0 Å². The number of aliphatic carboxylic acids is 1. The lowest BCUT2D eigenvalue weighted by Gasteiger charge is -2.21. The third-order valence-corrected chi connectivity index (χ3v) is 3.44. The molecule has 12 heavy (non-hydrogen) atoms. The summed E-state index contributed by atoms with van der Waals surface area (Å²) in [5.74, 6) is -0.519. The first-order chi connectivity index (χ1) is 5.40. The van der Waals surface area contributed by atoms with E-state index in [2.05, 4.69) is 0 Å². The van der Waals surface area contributed by atoms with Crippen LogP contribution >= 0.6 is 0 Å². The molecule has 1 aliphatic carbocycles. The Hall–Kier alpha value is -0.570. The summed E-state index contributed by atoms with van der Waals surface area (Å²) in [5.41, 5.74) is 4.83. The van der Waals surface area contributed by atoms with E-state index in [1.165, 1.54) is 0 Å². The minimum absolute atomic E-state index is 0.170. The van der Waals surface area contributed by atoms with Gasteiger partial charge in [0.25, 0.3) is 0 Å². The van der Waals surface area contributed by atoms with Crippen LogP contribution in [0.4, 0.5) is 0 Å². The molecule has 0 unspecified atom stereocenters. The van der Waals surface area contributed by atoms with Crippen molar-refractivity contribution in [3.63, 3.8) is 0 Å². The van der Waals surface area contributed by atoms with Crippen molar-refractivity contribution in [1.82, 2.24) is 0 Å². The van der Waals surface area contributed by atoms with Crippen LogP contribution in [0, 0.1) is 16.7 Å². The van der Waals surface area contributed by atoms with E-state index < -0.39 is 11.4 Å². The van der Waals surface area contributed by atoms with Gasteiger partial charge in [0.15, 0.2) is 0 Å². The van der Waals surface area contributed by atoms with E-state index in [0.717, 1.165) is 6.42 Å². The van der Waals surface area contributed by atoms with Gasteiger partial charge in [0.2, 0.25) is 0 Å². The minimum atomic E-state index is -0.689. The molecule has 0 bridgehead atoms. The van der Waals surface area contributed by atoms with Gasteiger partial charge in [-0.2, -0.15) is 0 Å². The third-order valence-electron chi connectivity index (χ3n) is 3.44. The number of hydrogen-bond acceptors (Lipinski definition) is 2. The van der Waals surface area contributed by atoms with E-state index in [1.54, 1.807) is 0 Å². The summed E-state index contributed by atoms with van der Waals surface area (Å²) in [6.45, 7) is 6.34. The molecule has 0 aromatic rings. The number of carboxylic acid groups (broad SMARTS) is 1. The number of carboxylic acids is 1. The van der Waals surface area contributed by atoms with Crippen LogP contribution in [0.1, 0.15) is 27.2 Å². The van der Waals surface area contributed by atoms with Crippen LogP contribution in [0.3, 0.4) is 0 Å². The number of carbonyl (C=O) groups is 1. The highest BCUT2D eigenvalue weighted by Crippen LogP contribution is 2.67. The minimum Gasteiger partial charge on any atom is -0.481 e. The maximum absolute atomic E-state index is 11.0. The Morgan fingerprint density at radius 3 is 2.25 bits per heavy atom. The fourth-order valence-corrected chi connectivity index (χ4v) is 2.31. The molecular weight excluding hydrogens is 154 g/mol. The fourth-order valence-electron chi connectivity index (χ4n) is 2.31. The Morgan fingerprint density at radius 1 is 1.67 bits per heavy atom. The van der Waals surface area contributed by atoms with Crippen molar-refractivity contribution in [2.24, 2.45) is 22.5 Å². The molecule has 0 spiro atoms. The van der Waals surface area contributed by atoms with Crippen molar-refractivity contribution < 1.29 is 9.90 Å². The van der Waals surface area contributed by atoms with E-state index in [0.29, 0.717) is 6.54 Å². The molecule has 70 valence electrons. The molecule has 3 N–H and O–H groups in total. The Labute approximate surface area is 72.9 Å². The van der Waals surface area contributed by atoms with Crippen molar-refractivity contribution in [2.45, 2.75) is 27.2 Å². The van der Waals surface area contributed by atoms with Gasteiger partial charge >= 0.3 is 5.97 Å². The largest absolute Gasteiger partial charge is 0.481 e. The highest BCUT2D eigenvalue weighted by atomic mass is 16.4. The summed E-state index contributed by atoms with van der Waals surface area (Å²) in [5, 5.41) is 9.09. The Bertz CT molecular complexity index is 215. The fraction of sp³-hybridized carbons (Fsp3) is 0.889. The van der Waals surface area contributed by atoms with Gasteiger partial charge in [-0.05, 0) is 24.3 Å². The van der Waals surface area contributed by atoms with Gasteiger partial charge in [-0.3, -0.25) is 4.79 Å². The molecule has 1 aliphatic rings. The Kier molecular flexibility index (Phi) is 1.95. The molecule has 0 aromatic carbocycles. The molecule has 0 saturated heterocycles. The zero-order chi connectivity index (χ0) is 9.57. The van der Waals surface area contributed by atoms with Gasteiger partial charge < -0.3 is 10.8 Å². The zero-order valence-electron chi connectivity index (χ0n) is 7.92. The number of nitrogens with two attached hydrogens (primary N) is 1. The van der Waals surface area contributed by atoms with Crippen LogP contribution in [-0.4, -0.2) is 17.6 Å². The molecule has 3 nitrogen and oxygen atoms in total. The Morgan fingerprint density at radius 2 is 2.17 bits per heavy atom. The van der Waals surface area contributed by atoms with Crippen molar-refractivity contribution >= 4 is 5.97 Å². The summed E-state index contributed by atoms with van der Waals surface area (Å²) >= 11 is 0. The second kappa shape index (κ2) is 2.46. The predicted octanol–water partition coefficient (Wildman–Crippen LogP) is 1.08. The highest BCUT2D eigenvalue weighted by molar-refractivity contribution is 5.80. The molecule has 1 saturated carbocycles. The maximum atomic E-state index is 11.0. The van der Waals surface area contributed by atoms with E-state index >= 15 is 0 Å². The average molecular weight is 171 g/mol. The monoisotopic (exact) mass is 171 g/mol. The van der Waals surface area contributed by atoms with E-state index in [4.69, 9.17) is 10.8 Å². The topological polar surface area (TPSA) is 63.3 Å². The summed E-state index contributed by atoms with van der Waals surface area (Å²) < 4.78 is 0. The van der Waals surface area contributed by atoms with E-state index in [1.807, 2.05) is 20.8 Å². The first kappa shape index (κ1) is 9.52. The second-order valence-electron chi connectivity index (χ2n) is 4.37. The highest BCUT2D eigenvalue weighted by Gasteiger charge is 2.70. The normalized spacial score (nSPS) is 40.1. The Balaban J connectivity index is 2.89. The lowest BCUT2D eigenvalue weighted by Crippen LogP contribution is -2.31. The molecule has 0 radical (unpaired) electrons. The van der Waals surface area contributed by atoms with Crippen molar-refractivity contribution in [1.29, 1.82) is 0 Å². The molecule has 0 heterocycles. The summed E-state index contributed by atoms with van der Waals surface area (Å²) in [6, 6.07) is 0. The molecule has 0 amide bonds. The molecule has 0 aliphatic heterocycles. The van der Waals surface area contributed by atoms with Crippen LogP contribution in [0.15, 0.2) is 0 Å². The summed E-state index contributed by atoms with van der Waals surface area (Å²) in [4.78, 5) is 11.0. The van der Waals surface area contributed by atoms with E-state index in [-0.39, 0.29) is 11.3 Å². The molecule has 1 rings (SSSR count). The van der Waals surface area contributed by atoms with Crippen LogP contribution < -0.4 is 5.73 Å². The van der Waals surface area contributed by atoms with Gasteiger partial charge in [0.1, 0.15) is 0 Å². The summed E-state index contributed by atoms with van der Waals surface area (Å²) in [7, 11) is 0. The zero-order valence-corrected chi connectivity index (χ0v) is 7.92. The number of rotatable bonds is 3. The smallest absolute Gasteiger partial charge is 0.310 e. The van der Waals surface area contributed by atoms with Gasteiger partial charge in [-0.1, -0.05) is 20.8 Å². The standard InChI is InChI=1S/C9H17NO2/c1-6(2)9(7(11)12)4-8(9,3)5-10/h6H,4-5,10H2,1-3H3,(H,11,12)/t8-,9-/m0/s1. The third kappa shape index (κ3) is 0.891. The van der Waals surface area contributed by atoms with E-state index in [9.17, 15) is 4.79 Å². The van der Waals surface area contributed by atoms with Crippen molar-refractivity contribution in [3.05, 3.63) is 0 Å². The summed E-state index contributed by atoms with van der Waals surface area (Å²) in [6.07, 6.45) is 0.726. The first-order valence-electron chi connectivity index (χ1n) is 4.34. The van der Waals surface area contributed by atoms with Crippen molar-refractivity contribution in [3.8, 4) is 0 Å². The predicted molar refractivity (Wildman–Crippen MR) is 46.7 cm³/mol. The lowest BCUT2D eigenvalue weighted by atomic mass is 9.84. The molecule has 2 atom stereocenters. The lowest BCUT2D eigenvalue weighted by molar-refractivity contribution is -0.146. The van der Waals surface area contributed by atoms with Gasteiger partial charge in [-0.15, -0.1) is 0 Å². The molecule has 1 fully saturated rings. The van der Waals surface area contributed by atoms with Crippen LogP contribution in [0.5, 0.6) is 0 Å². The average Bonchev–Trinajstić information content (AvgIpc) is 2.59. The van der Waals surface area contributed by atoms with Crippen LogP contribution in [-0.2, 0) is 4.79 Å². The van der Waals surface area contributed by atoms with Crippen molar-refractivity contribution in [2.75, 3.05) is 6.54 Å². The van der Waals surface area contributed by atoms with Gasteiger partial charge in [0, 0.05) is 0 Å². The maximum Gasteiger partial charge on any atom is 0.310 e. The second-order valence-corrected chi connectivity index (χ2v) is 4.37. The molecule has 3 heteroatoms. The SMILES string of the molecule is CC(C)[C@]1(C(=O)O)C[C@@]1(C)CN.